The highest BCUT2D eigenvalue weighted by Gasteiger charge is 2.11. The molecule has 0 spiro atoms. The molecule has 0 aliphatic carbocycles. The third-order valence-electron chi connectivity index (χ3n) is 2.73. The maximum atomic E-state index is 12.0. The molecule has 19 heavy (non-hydrogen) atoms. The van der Waals surface area contributed by atoms with Gasteiger partial charge in [-0.15, -0.1) is 0 Å². The number of hydrogen-bond acceptors (Lipinski definition) is 2. The molecule has 5 heteroatoms. The van der Waals surface area contributed by atoms with E-state index in [1.807, 2.05) is 19.1 Å². The van der Waals surface area contributed by atoms with Crippen molar-refractivity contribution in [1.29, 1.82) is 0 Å². The van der Waals surface area contributed by atoms with Crippen LogP contribution in [-0.2, 0) is 0 Å². The van der Waals surface area contributed by atoms with E-state index in [9.17, 15) is 9.59 Å². The third-order valence-corrected chi connectivity index (χ3v) is 2.97. The summed E-state index contributed by atoms with van der Waals surface area (Å²) >= 11 is 5.91. The average Bonchev–Trinajstić information content (AvgIpc) is 2.38. The fraction of sp³-hybridized carbons (Fsp3) is 0.143. The van der Waals surface area contributed by atoms with Crippen LogP contribution >= 0.6 is 11.6 Å². The van der Waals surface area contributed by atoms with Crippen molar-refractivity contribution in [2.45, 2.75) is 13.0 Å². The van der Waals surface area contributed by atoms with E-state index < -0.39 is 0 Å². The molecule has 0 bridgehead atoms. The molecule has 2 aromatic rings. The minimum absolute atomic E-state index is 0.189. The summed E-state index contributed by atoms with van der Waals surface area (Å²) < 4.78 is 0. The third kappa shape index (κ3) is 3.45. The number of H-pyrrole nitrogens is 1. The Morgan fingerprint density at radius 1 is 1.32 bits per heavy atom. The summed E-state index contributed by atoms with van der Waals surface area (Å²) in [5.41, 5.74) is 0.936. The summed E-state index contributed by atoms with van der Waals surface area (Å²) in [6.07, 6.45) is 1.45. The molecule has 0 fully saturated rings. The van der Waals surface area contributed by atoms with Gasteiger partial charge in [0.05, 0.1) is 6.04 Å². The zero-order chi connectivity index (χ0) is 13.8. The molecule has 2 rings (SSSR count). The standard InChI is InChI=1S/C14H13ClN2O2/c1-9(10-3-2-4-12(15)7-10)17-14(19)11-5-6-16-13(18)8-11/h2-9H,1H3,(H,16,18)(H,17,19). The molecule has 4 nitrogen and oxygen atoms in total. The van der Waals surface area contributed by atoms with Crippen molar-refractivity contribution in [3.05, 3.63) is 69.1 Å². The molecule has 0 aliphatic heterocycles. The molecule has 1 amide bonds. The number of carbonyl (C=O) groups is 1. The molecule has 98 valence electrons. The Morgan fingerprint density at radius 3 is 2.79 bits per heavy atom. The number of benzene rings is 1. The number of aromatic amines is 1. The number of hydrogen-bond donors (Lipinski definition) is 2. The first kappa shape index (κ1) is 13.4. The summed E-state index contributed by atoms with van der Waals surface area (Å²) in [4.78, 5) is 25.6. The van der Waals surface area contributed by atoms with Gasteiger partial charge in [0.1, 0.15) is 0 Å². The molecule has 0 aliphatic rings. The number of halogens is 1. The van der Waals surface area contributed by atoms with Crippen molar-refractivity contribution in [3.63, 3.8) is 0 Å². The number of carbonyl (C=O) groups excluding carboxylic acids is 1. The average molecular weight is 277 g/mol. The smallest absolute Gasteiger partial charge is 0.252 e. The number of pyridine rings is 1. The first-order valence-electron chi connectivity index (χ1n) is 5.81. The second-order valence-corrected chi connectivity index (χ2v) is 4.63. The largest absolute Gasteiger partial charge is 0.346 e. The van der Waals surface area contributed by atoms with Crippen molar-refractivity contribution in [3.8, 4) is 0 Å². The van der Waals surface area contributed by atoms with Crippen molar-refractivity contribution >= 4 is 17.5 Å². The lowest BCUT2D eigenvalue weighted by atomic mass is 10.1. The van der Waals surface area contributed by atoms with Crippen molar-refractivity contribution < 1.29 is 4.79 Å². The molecular weight excluding hydrogens is 264 g/mol. The highest BCUT2D eigenvalue weighted by molar-refractivity contribution is 6.30. The molecule has 2 N–H and O–H groups in total. The van der Waals surface area contributed by atoms with Gasteiger partial charge in [-0.3, -0.25) is 9.59 Å². The number of aromatic nitrogens is 1. The number of amides is 1. The molecule has 1 unspecified atom stereocenters. The lowest BCUT2D eigenvalue weighted by Gasteiger charge is -2.14. The van der Waals surface area contributed by atoms with Gasteiger partial charge < -0.3 is 10.3 Å². The van der Waals surface area contributed by atoms with Crippen LogP contribution in [0, 0.1) is 0 Å². The SMILES string of the molecule is CC(NC(=O)c1cc[nH]c(=O)c1)c1cccc(Cl)c1. The van der Waals surface area contributed by atoms with Crippen LogP contribution in [0.3, 0.4) is 0 Å². The highest BCUT2D eigenvalue weighted by Crippen LogP contribution is 2.17. The Kier molecular flexibility index (Phi) is 4.02. The van der Waals surface area contributed by atoms with E-state index in [-0.39, 0.29) is 17.5 Å². The van der Waals surface area contributed by atoms with E-state index in [0.29, 0.717) is 10.6 Å². The maximum absolute atomic E-state index is 12.0. The van der Waals surface area contributed by atoms with E-state index >= 15 is 0 Å². The second kappa shape index (κ2) is 5.71. The van der Waals surface area contributed by atoms with Crippen LogP contribution in [0.4, 0.5) is 0 Å². The second-order valence-electron chi connectivity index (χ2n) is 4.19. The van der Waals surface area contributed by atoms with Gasteiger partial charge >= 0.3 is 0 Å². The minimum atomic E-state index is -0.303. The summed E-state index contributed by atoms with van der Waals surface area (Å²) in [6, 6.07) is 9.91. The molecule has 0 saturated heterocycles. The monoisotopic (exact) mass is 276 g/mol. The predicted octanol–water partition coefficient (Wildman–Crippen LogP) is 2.52. The van der Waals surface area contributed by atoms with Gasteiger partial charge in [-0.1, -0.05) is 23.7 Å². The minimum Gasteiger partial charge on any atom is -0.346 e. The first-order chi connectivity index (χ1) is 9.06. The molecule has 1 aromatic heterocycles. The summed E-state index contributed by atoms with van der Waals surface area (Å²) in [5.74, 6) is -0.293. The maximum Gasteiger partial charge on any atom is 0.252 e. The zero-order valence-electron chi connectivity index (χ0n) is 10.3. The van der Waals surface area contributed by atoms with E-state index in [0.717, 1.165) is 5.56 Å². The summed E-state index contributed by atoms with van der Waals surface area (Å²) in [5, 5.41) is 3.44. The van der Waals surface area contributed by atoms with Gasteiger partial charge in [-0.2, -0.15) is 0 Å². The first-order valence-corrected chi connectivity index (χ1v) is 6.19. The Bertz CT molecular complexity index is 652. The fourth-order valence-corrected chi connectivity index (χ4v) is 1.92. The van der Waals surface area contributed by atoms with Crippen LogP contribution in [0.25, 0.3) is 0 Å². The zero-order valence-corrected chi connectivity index (χ0v) is 11.1. The van der Waals surface area contributed by atoms with Gasteiger partial charge in [0.25, 0.3) is 5.91 Å². The topological polar surface area (TPSA) is 62.0 Å². The Morgan fingerprint density at radius 2 is 2.11 bits per heavy atom. The van der Waals surface area contributed by atoms with E-state index in [1.165, 1.54) is 12.3 Å². The van der Waals surface area contributed by atoms with Crippen LogP contribution in [0.15, 0.2) is 47.4 Å². The van der Waals surface area contributed by atoms with Gasteiger partial charge in [0.15, 0.2) is 0 Å². The molecule has 0 radical (unpaired) electrons. The molecule has 1 aromatic carbocycles. The van der Waals surface area contributed by atoms with Crippen LogP contribution < -0.4 is 10.9 Å². The molecular formula is C14H13ClN2O2. The van der Waals surface area contributed by atoms with Crippen molar-refractivity contribution in [1.82, 2.24) is 10.3 Å². The van der Waals surface area contributed by atoms with Crippen LogP contribution in [-0.4, -0.2) is 10.9 Å². The normalized spacial score (nSPS) is 11.9. The summed E-state index contributed by atoms with van der Waals surface area (Å²) in [6.45, 7) is 1.86. The van der Waals surface area contributed by atoms with Crippen LogP contribution in [0.2, 0.25) is 5.02 Å². The van der Waals surface area contributed by atoms with Gasteiger partial charge in [0.2, 0.25) is 5.56 Å². The quantitative estimate of drug-likeness (QED) is 0.905. The summed E-state index contributed by atoms with van der Waals surface area (Å²) in [7, 11) is 0. The Hall–Kier alpha value is -2.07. The Labute approximate surface area is 115 Å². The van der Waals surface area contributed by atoms with Gasteiger partial charge in [-0.25, -0.2) is 0 Å². The van der Waals surface area contributed by atoms with E-state index in [4.69, 9.17) is 11.6 Å². The molecule has 0 saturated carbocycles. The lowest BCUT2D eigenvalue weighted by molar-refractivity contribution is 0.0939. The number of nitrogens with one attached hydrogen (secondary N) is 2. The lowest BCUT2D eigenvalue weighted by Crippen LogP contribution is -2.27. The molecule has 1 heterocycles. The fourth-order valence-electron chi connectivity index (χ4n) is 1.73. The van der Waals surface area contributed by atoms with E-state index in [1.54, 1.807) is 18.2 Å². The Balaban J connectivity index is 2.13. The van der Waals surface area contributed by atoms with Gasteiger partial charge in [0, 0.05) is 22.8 Å². The van der Waals surface area contributed by atoms with Gasteiger partial charge in [-0.05, 0) is 30.7 Å². The van der Waals surface area contributed by atoms with Crippen molar-refractivity contribution in [2.75, 3.05) is 0 Å². The predicted molar refractivity (Wildman–Crippen MR) is 74.4 cm³/mol. The highest BCUT2D eigenvalue weighted by atomic mass is 35.5. The van der Waals surface area contributed by atoms with E-state index in [2.05, 4.69) is 10.3 Å². The number of rotatable bonds is 3. The van der Waals surface area contributed by atoms with Crippen LogP contribution in [0.5, 0.6) is 0 Å². The molecule has 1 atom stereocenters. The van der Waals surface area contributed by atoms with Crippen LogP contribution in [0.1, 0.15) is 28.9 Å². The van der Waals surface area contributed by atoms with Crippen molar-refractivity contribution in [2.24, 2.45) is 0 Å².